The second kappa shape index (κ2) is 3.46. The minimum absolute atomic E-state index is 0.977. The van der Waals surface area contributed by atoms with Crippen molar-refractivity contribution in [2.75, 3.05) is 19.8 Å². The molecular formula is C7H15N3. The third-order valence-corrected chi connectivity index (χ3v) is 1.56. The van der Waals surface area contributed by atoms with Crippen molar-refractivity contribution in [2.24, 2.45) is 0 Å². The maximum Gasteiger partial charge on any atom is 0.104 e. The van der Waals surface area contributed by atoms with Crippen molar-refractivity contribution in [1.29, 1.82) is 0 Å². The Morgan fingerprint density at radius 1 is 1.40 bits per heavy atom. The maximum absolute atomic E-state index is 3.21. The van der Waals surface area contributed by atoms with Crippen molar-refractivity contribution >= 4 is 0 Å². The van der Waals surface area contributed by atoms with Gasteiger partial charge in [0.05, 0.1) is 0 Å². The first-order valence-corrected chi connectivity index (χ1v) is 3.79. The third kappa shape index (κ3) is 1.64. The summed E-state index contributed by atoms with van der Waals surface area (Å²) in [7, 11) is 0. The number of hydrogen-bond donors (Lipinski definition) is 1. The highest BCUT2D eigenvalue weighted by Crippen LogP contribution is 2.01. The zero-order valence-electron chi connectivity index (χ0n) is 6.67. The molecule has 0 radical (unpaired) electrons. The lowest BCUT2D eigenvalue weighted by atomic mass is 10.6. The Kier molecular flexibility index (Phi) is 2.57. The number of nitrogens with zero attached hydrogens (tertiary/aromatic N) is 2. The predicted octanol–water partition coefficient (Wildman–Crippen LogP) is 0.577. The molecule has 3 heteroatoms. The van der Waals surface area contributed by atoms with Gasteiger partial charge in [-0.3, -0.25) is 5.01 Å². The van der Waals surface area contributed by atoms with Gasteiger partial charge in [-0.05, 0) is 6.92 Å². The van der Waals surface area contributed by atoms with Crippen LogP contribution in [0, 0.1) is 0 Å². The van der Waals surface area contributed by atoms with Crippen LogP contribution in [-0.2, 0) is 0 Å². The zero-order valence-corrected chi connectivity index (χ0v) is 6.67. The van der Waals surface area contributed by atoms with Gasteiger partial charge < -0.3 is 4.90 Å². The van der Waals surface area contributed by atoms with E-state index in [4.69, 9.17) is 0 Å². The predicted molar refractivity (Wildman–Crippen MR) is 41.9 cm³/mol. The Hall–Kier alpha value is -0.700. The Morgan fingerprint density at radius 2 is 2.20 bits per heavy atom. The summed E-state index contributed by atoms with van der Waals surface area (Å²) >= 11 is 0. The van der Waals surface area contributed by atoms with Crippen molar-refractivity contribution in [3.63, 3.8) is 0 Å². The summed E-state index contributed by atoms with van der Waals surface area (Å²) in [6.07, 6.45) is 4.16. The zero-order chi connectivity index (χ0) is 7.40. The molecule has 3 nitrogen and oxygen atoms in total. The molecule has 58 valence electrons. The minimum Gasteiger partial charge on any atom is -0.358 e. The van der Waals surface area contributed by atoms with Crippen LogP contribution < -0.4 is 5.43 Å². The van der Waals surface area contributed by atoms with E-state index in [-0.39, 0.29) is 0 Å². The van der Waals surface area contributed by atoms with E-state index >= 15 is 0 Å². The van der Waals surface area contributed by atoms with E-state index in [0.717, 1.165) is 19.8 Å². The topological polar surface area (TPSA) is 18.5 Å². The summed E-state index contributed by atoms with van der Waals surface area (Å²) in [5, 5.41) is 2.09. The standard InChI is InChI=1S/C7H15N3/c1-3-8-10-6-5-9(4-2)7-10/h5-6,8H,3-4,7H2,1-2H3. The van der Waals surface area contributed by atoms with Gasteiger partial charge in [0.2, 0.25) is 0 Å². The van der Waals surface area contributed by atoms with Gasteiger partial charge in [-0.1, -0.05) is 6.92 Å². The van der Waals surface area contributed by atoms with E-state index in [0.29, 0.717) is 0 Å². The molecule has 0 aliphatic carbocycles. The summed E-state index contributed by atoms with van der Waals surface area (Å²) < 4.78 is 0. The molecule has 0 aromatic carbocycles. The van der Waals surface area contributed by atoms with Crippen LogP contribution >= 0.6 is 0 Å². The van der Waals surface area contributed by atoms with Crippen LogP contribution in [0.4, 0.5) is 0 Å². The van der Waals surface area contributed by atoms with Gasteiger partial charge in [0.25, 0.3) is 0 Å². The molecule has 1 N–H and O–H groups in total. The molecule has 0 spiro atoms. The Balaban J connectivity index is 2.24. The SMILES string of the molecule is CCNN1C=CN(CC)C1. The first-order chi connectivity index (χ1) is 4.86. The molecule has 1 aliphatic rings. The van der Waals surface area contributed by atoms with E-state index in [1.807, 2.05) is 0 Å². The summed E-state index contributed by atoms with van der Waals surface area (Å²) in [6, 6.07) is 0. The molecule has 0 saturated heterocycles. The highest BCUT2D eigenvalue weighted by atomic mass is 15.6. The van der Waals surface area contributed by atoms with Gasteiger partial charge in [-0.2, -0.15) is 0 Å². The molecule has 1 rings (SSSR count). The lowest BCUT2D eigenvalue weighted by Gasteiger charge is -2.19. The Bertz CT molecular complexity index is 122. The van der Waals surface area contributed by atoms with Crippen LogP contribution in [-0.4, -0.2) is 29.7 Å². The third-order valence-electron chi connectivity index (χ3n) is 1.56. The summed E-state index contributed by atoms with van der Waals surface area (Å²) in [5.74, 6) is 0. The largest absolute Gasteiger partial charge is 0.358 e. The quantitative estimate of drug-likeness (QED) is 0.620. The van der Waals surface area contributed by atoms with E-state index in [2.05, 4.69) is 41.6 Å². The monoisotopic (exact) mass is 141 g/mol. The van der Waals surface area contributed by atoms with Crippen LogP contribution in [0.5, 0.6) is 0 Å². The lowest BCUT2D eigenvalue weighted by molar-refractivity contribution is 0.214. The number of nitrogens with one attached hydrogen (secondary N) is 1. The fourth-order valence-electron chi connectivity index (χ4n) is 0.976. The molecular weight excluding hydrogens is 126 g/mol. The number of hydrazine groups is 1. The molecule has 0 amide bonds. The van der Waals surface area contributed by atoms with Crippen LogP contribution in [0.15, 0.2) is 12.4 Å². The van der Waals surface area contributed by atoms with Gasteiger partial charge in [0.15, 0.2) is 0 Å². The number of hydrogen-bond acceptors (Lipinski definition) is 3. The molecule has 1 aliphatic heterocycles. The highest BCUT2D eigenvalue weighted by molar-refractivity contribution is 4.87. The molecule has 1 heterocycles. The summed E-state index contributed by atoms with van der Waals surface area (Å²) in [6.45, 7) is 7.30. The van der Waals surface area contributed by atoms with Gasteiger partial charge >= 0.3 is 0 Å². The second-order valence-corrected chi connectivity index (χ2v) is 2.33. The van der Waals surface area contributed by atoms with Crippen molar-refractivity contribution < 1.29 is 0 Å². The normalized spacial score (nSPS) is 17.0. The smallest absolute Gasteiger partial charge is 0.104 e. The molecule has 0 fully saturated rings. The molecule has 0 aromatic rings. The maximum atomic E-state index is 3.21. The first-order valence-electron chi connectivity index (χ1n) is 3.79. The highest BCUT2D eigenvalue weighted by Gasteiger charge is 2.07. The van der Waals surface area contributed by atoms with E-state index in [1.165, 1.54) is 0 Å². The Labute approximate surface area is 62.3 Å². The Morgan fingerprint density at radius 3 is 2.70 bits per heavy atom. The van der Waals surface area contributed by atoms with Crippen LogP contribution in [0.2, 0.25) is 0 Å². The lowest BCUT2D eigenvalue weighted by Crippen LogP contribution is -2.35. The fraction of sp³-hybridized carbons (Fsp3) is 0.714. The molecule has 0 bridgehead atoms. The van der Waals surface area contributed by atoms with Crippen LogP contribution in [0.25, 0.3) is 0 Å². The second-order valence-electron chi connectivity index (χ2n) is 2.33. The average molecular weight is 141 g/mol. The van der Waals surface area contributed by atoms with Gasteiger partial charge in [-0.25, -0.2) is 5.43 Å². The average Bonchev–Trinajstić information content (AvgIpc) is 2.37. The molecule has 0 atom stereocenters. The number of rotatable bonds is 3. The van der Waals surface area contributed by atoms with Crippen molar-refractivity contribution in [2.45, 2.75) is 13.8 Å². The van der Waals surface area contributed by atoms with Gasteiger partial charge in [-0.15, -0.1) is 0 Å². The minimum atomic E-state index is 0.977. The molecule has 0 saturated carbocycles. The van der Waals surface area contributed by atoms with E-state index in [1.54, 1.807) is 0 Å². The van der Waals surface area contributed by atoms with E-state index in [9.17, 15) is 0 Å². The van der Waals surface area contributed by atoms with Crippen molar-refractivity contribution in [1.82, 2.24) is 15.3 Å². The summed E-state index contributed by atoms with van der Waals surface area (Å²) in [4.78, 5) is 2.24. The fourth-order valence-corrected chi connectivity index (χ4v) is 0.976. The van der Waals surface area contributed by atoms with Crippen LogP contribution in [0.3, 0.4) is 0 Å². The summed E-state index contributed by atoms with van der Waals surface area (Å²) in [5.41, 5.74) is 3.21. The van der Waals surface area contributed by atoms with Crippen molar-refractivity contribution in [3.05, 3.63) is 12.4 Å². The molecule has 0 unspecified atom stereocenters. The first kappa shape index (κ1) is 7.41. The van der Waals surface area contributed by atoms with Gasteiger partial charge in [0, 0.05) is 25.5 Å². The van der Waals surface area contributed by atoms with Crippen LogP contribution in [0.1, 0.15) is 13.8 Å². The van der Waals surface area contributed by atoms with E-state index < -0.39 is 0 Å². The van der Waals surface area contributed by atoms with Crippen molar-refractivity contribution in [3.8, 4) is 0 Å². The molecule has 0 aromatic heterocycles. The van der Waals surface area contributed by atoms with Gasteiger partial charge in [0.1, 0.15) is 6.67 Å². The molecule has 10 heavy (non-hydrogen) atoms.